The summed E-state index contributed by atoms with van der Waals surface area (Å²) in [6.07, 6.45) is 1.13. The van der Waals surface area contributed by atoms with E-state index in [1.165, 1.54) is 38.7 Å². The summed E-state index contributed by atoms with van der Waals surface area (Å²) in [5, 5.41) is 6.12. The van der Waals surface area contributed by atoms with Gasteiger partial charge >= 0.3 is 0 Å². The van der Waals surface area contributed by atoms with Crippen LogP contribution in [0.15, 0.2) is 54.6 Å². The van der Waals surface area contributed by atoms with Gasteiger partial charge in [0.25, 0.3) is 0 Å². The van der Waals surface area contributed by atoms with Crippen LogP contribution < -0.4 is 5.32 Å². The Morgan fingerprint density at radius 3 is 2.65 bits per heavy atom. The quantitative estimate of drug-likeness (QED) is 0.663. The predicted molar refractivity (Wildman–Crippen MR) is 86.3 cm³/mol. The fraction of sp³-hybridized carbons (Fsp3) is 0.158. The van der Waals surface area contributed by atoms with Crippen molar-refractivity contribution in [1.82, 2.24) is 0 Å². The van der Waals surface area contributed by atoms with Gasteiger partial charge in [0.2, 0.25) is 0 Å². The molecular formula is C19H17N. The second-order valence-corrected chi connectivity index (χ2v) is 5.52. The Hall–Kier alpha value is -2.28. The van der Waals surface area contributed by atoms with Gasteiger partial charge in [0.15, 0.2) is 0 Å². The van der Waals surface area contributed by atoms with E-state index >= 15 is 0 Å². The van der Waals surface area contributed by atoms with Crippen LogP contribution in [-0.4, -0.2) is 6.54 Å². The number of hydrogen-bond donors (Lipinski definition) is 1. The molecule has 0 aromatic heterocycles. The highest BCUT2D eigenvalue weighted by molar-refractivity contribution is 5.98. The van der Waals surface area contributed by atoms with Gasteiger partial charge in [-0.1, -0.05) is 42.5 Å². The molecule has 20 heavy (non-hydrogen) atoms. The van der Waals surface area contributed by atoms with Crippen molar-refractivity contribution in [1.29, 1.82) is 0 Å². The van der Waals surface area contributed by atoms with E-state index in [1.807, 2.05) is 0 Å². The molecule has 1 aliphatic rings. The first kappa shape index (κ1) is 11.5. The van der Waals surface area contributed by atoms with Gasteiger partial charge in [0.05, 0.1) is 0 Å². The molecule has 98 valence electrons. The van der Waals surface area contributed by atoms with E-state index < -0.39 is 0 Å². The lowest BCUT2D eigenvalue weighted by atomic mass is 9.94. The van der Waals surface area contributed by atoms with Crippen LogP contribution in [0.25, 0.3) is 21.9 Å². The zero-order valence-electron chi connectivity index (χ0n) is 11.6. The summed E-state index contributed by atoms with van der Waals surface area (Å²) in [4.78, 5) is 0. The Kier molecular flexibility index (Phi) is 2.53. The van der Waals surface area contributed by atoms with Crippen LogP contribution in [0, 0.1) is 6.92 Å². The van der Waals surface area contributed by atoms with Crippen molar-refractivity contribution in [3.63, 3.8) is 0 Å². The summed E-state index contributed by atoms with van der Waals surface area (Å²) in [6.45, 7) is 3.24. The van der Waals surface area contributed by atoms with Crippen molar-refractivity contribution >= 4 is 16.5 Å². The van der Waals surface area contributed by atoms with Crippen LogP contribution in [0.2, 0.25) is 0 Å². The summed E-state index contributed by atoms with van der Waals surface area (Å²) >= 11 is 0. The number of anilines is 1. The SMILES string of the molecule is Cc1ccc(-c2ccc3c(c2)CCN3)c2ccccc12. The Bertz CT molecular complexity index is 802. The van der Waals surface area contributed by atoms with Crippen LogP contribution in [0.3, 0.4) is 0 Å². The third-order valence-corrected chi connectivity index (χ3v) is 4.27. The largest absolute Gasteiger partial charge is 0.384 e. The first-order chi connectivity index (χ1) is 9.83. The van der Waals surface area contributed by atoms with E-state index in [2.05, 4.69) is 66.8 Å². The maximum Gasteiger partial charge on any atom is 0.0373 e. The lowest BCUT2D eigenvalue weighted by Gasteiger charge is -2.10. The molecule has 0 aliphatic carbocycles. The monoisotopic (exact) mass is 259 g/mol. The molecule has 3 aromatic rings. The Morgan fingerprint density at radius 1 is 0.900 bits per heavy atom. The number of hydrogen-bond acceptors (Lipinski definition) is 1. The second-order valence-electron chi connectivity index (χ2n) is 5.52. The van der Waals surface area contributed by atoms with E-state index in [1.54, 1.807) is 0 Å². The summed E-state index contributed by atoms with van der Waals surface area (Å²) in [6, 6.07) is 19.9. The lowest BCUT2D eigenvalue weighted by molar-refractivity contribution is 1.11. The van der Waals surface area contributed by atoms with Crippen molar-refractivity contribution in [2.45, 2.75) is 13.3 Å². The average molecular weight is 259 g/mol. The molecule has 0 radical (unpaired) electrons. The molecule has 0 bridgehead atoms. The number of benzene rings is 3. The van der Waals surface area contributed by atoms with Crippen molar-refractivity contribution in [2.75, 3.05) is 11.9 Å². The number of nitrogens with one attached hydrogen (secondary N) is 1. The zero-order chi connectivity index (χ0) is 13.5. The van der Waals surface area contributed by atoms with Gasteiger partial charge in [-0.15, -0.1) is 0 Å². The molecule has 4 rings (SSSR count). The molecule has 1 N–H and O–H groups in total. The first-order valence-corrected chi connectivity index (χ1v) is 7.18. The molecule has 0 saturated heterocycles. The highest BCUT2D eigenvalue weighted by Crippen LogP contribution is 2.33. The molecule has 0 fully saturated rings. The van der Waals surface area contributed by atoms with Crippen molar-refractivity contribution in [3.8, 4) is 11.1 Å². The number of fused-ring (bicyclic) bond motifs is 2. The standard InChI is InChI=1S/C19H17N/c1-13-6-8-17(18-5-3-2-4-16(13)18)14-7-9-19-15(12-14)10-11-20-19/h2-9,12,20H,10-11H2,1H3. The second kappa shape index (κ2) is 4.38. The minimum atomic E-state index is 1.06. The van der Waals surface area contributed by atoms with Gasteiger partial charge in [-0.3, -0.25) is 0 Å². The molecule has 1 heteroatoms. The molecule has 1 heterocycles. The van der Waals surface area contributed by atoms with E-state index in [0.29, 0.717) is 0 Å². The van der Waals surface area contributed by atoms with Gasteiger partial charge in [0.1, 0.15) is 0 Å². The summed E-state index contributed by atoms with van der Waals surface area (Å²) in [5.41, 5.74) is 6.73. The molecule has 1 nitrogen and oxygen atoms in total. The van der Waals surface area contributed by atoms with Crippen LogP contribution in [0.5, 0.6) is 0 Å². The van der Waals surface area contributed by atoms with Gasteiger partial charge in [-0.05, 0) is 58.5 Å². The molecule has 0 amide bonds. The fourth-order valence-corrected chi connectivity index (χ4v) is 3.17. The zero-order valence-corrected chi connectivity index (χ0v) is 11.6. The molecule has 0 saturated carbocycles. The van der Waals surface area contributed by atoms with Crippen molar-refractivity contribution in [3.05, 3.63) is 65.7 Å². The minimum absolute atomic E-state index is 1.06. The molecule has 0 atom stereocenters. The average Bonchev–Trinajstić information content (AvgIpc) is 2.95. The van der Waals surface area contributed by atoms with E-state index in [-0.39, 0.29) is 0 Å². The topological polar surface area (TPSA) is 12.0 Å². The summed E-state index contributed by atoms with van der Waals surface area (Å²) in [7, 11) is 0. The van der Waals surface area contributed by atoms with Crippen LogP contribution in [-0.2, 0) is 6.42 Å². The van der Waals surface area contributed by atoms with E-state index in [4.69, 9.17) is 0 Å². The summed E-state index contributed by atoms with van der Waals surface area (Å²) in [5.74, 6) is 0. The van der Waals surface area contributed by atoms with Gasteiger partial charge in [-0.2, -0.15) is 0 Å². The van der Waals surface area contributed by atoms with Gasteiger partial charge in [0, 0.05) is 12.2 Å². The lowest BCUT2D eigenvalue weighted by Crippen LogP contribution is -1.90. The van der Waals surface area contributed by atoms with Crippen molar-refractivity contribution in [2.24, 2.45) is 0 Å². The van der Waals surface area contributed by atoms with Crippen LogP contribution in [0.1, 0.15) is 11.1 Å². The molecule has 0 spiro atoms. The predicted octanol–water partition coefficient (Wildman–Crippen LogP) is 4.78. The normalized spacial score (nSPS) is 13.2. The molecule has 0 unspecified atom stereocenters. The van der Waals surface area contributed by atoms with E-state index in [0.717, 1.165) is 13.0 Å². The van der Waals surface area contributed by atoms with Gasteiger partial charge < -0.3 is 5.32 Å². The molecule has 3 aromatic carbocycles. The Balaban J connectivity index is 1.97. The molecular weight excluding hydrogens is 242 g/mol. The number of rotatable bonds is 1. The minimum Gasteiger partial charge on any atom is -0.384 e. The highest BCUT2D eigenvalue weighted by atomic mass is 14.9. The maximum absolute atomic E-state index is 3.43. The van der Waals surface area contributed by atoms with Crippen LogP contribution >= 0.6 is 0 Å². The molecule has 1 aliphatic heterocycles. The van der Waals surface area contributed by atoms with Crippen LogP contribution in [0.4, 0.5) is 5.69 Å². The Labute approximate surface area is 119 Å². The van der Waals surface area contributed by atoms with E-state index in [9.17, 15) is 0 Å². The fourth-order valence-electron chi connectivity index (χ4n) is 3.17. The Morgan fingerprint density at radius 2 is 1.75 bits per heavy atom. The smallest absolute Gasteiger partial charge is 0.0373 e. The maximum atomic E-state index is 3.43. The van der Waals surface area contributed by atoms with Gasteiger partial charge in [-0.25, -0.2) is 0 Å². The first-order valence-electron chi connectivity index (χ1n) is 7.18. The summed E-state index contributed by atoms with van der Waals surface area (Å²) < 4.78 is 0. The van der Waals surface area contributed by atoms with Crippen molar-refractivity contribution < 1.29 is 0 Å². The highest BCUT2D eigenvalue weighted by Gasteiger charge is 2.12. The third kappa shape index (κ3) is 1.70. The number of aryl methyl sites for hydroxylation is 1. The third-order valence-electron chi connectivity index (χ3n) is 4.27.